The molecule has 2 N–H and O–H groups in total. The van der Waals surface area contributed by atoms with Crippen LogP contribution in [0, 0.1) is 5.41 Å². The molecule has 0 bridgehead atoms. The fourth-order valence-corrected chi connectivity index (χ4v) is 5.93. The van der Waals surface area contributed by atoms with Crippen LogP contribution in [0.25, 0.3) is 0 Å². The summed E-state index contributed by atoms with van der Waals surface area (Å²) in [6, 6.07) is 0.596. The lowest BCUT2D eigenvalue weighted by atomic mass is 9.82. The van der Waals surface area contributed by atoms with E-state index in [1.807, 2.05) is 18.7 Å². The van der Waals surface area contributed by atoms with Crippen LogP contribution in [0.4, 0.5) is 0 Å². The van der Waals surface area contributed by atoms with Gasteiger partial charge < -0.3 is 23.5 Å². The largest absolute Gasteiger partial charge is 0.500 e. The van der Waals surface area contributed by atoms with Crippen LogP contribution in [-0.2, 0) is 22.9 Å². The molecule has 30 heavy (non-hydrogen) atoms. The number of carboxylic acids is 2. The van der Waals surface area contributed by atoms with Gasteiger partial charge in [-0.3, -0.25) is 14.5 Å². The summed E-state index contributed by atoms with van der Waals surface area (Å²) in [4.78, 5) is 26.0. The van der Waals surface area contributed by atoms with Gasteiger partial charge in [-0.15, -0.1) is 0 Å². The van der Waals surface area contributed by atoms with Crippen molar-refractivity contribution in [2.45, 2.75) is 84.2 Å². The first kappa shape index (κ1) is 29.0. The van der Waals surface area contributed by atoms with Crippen LogP contribution in [0.1, 0.15) is 72.6 Å². The third-order valence-corrected chi connectivity index (χ3v) is 8.56. The number of rotatable bonds is 18. The lowest BCUT2D eigenvalue weighted by molar-refractivity contribution is -0.160. The van der Waals surface area contributed by atoms with Crippen molar-refractivity contribution in [2.75, 3.05) is 34.4 Å². The summed E-state index contributed by atoms with van der Waals surface area (Å²) in [5.74, 6) is -2.14. The van der Waals surface area contributed by atoms with E-state index in [1.54, 1.807) is 21.3 Å². The topological polar surface area (TPSA) is 106 Å². The van der Waals surface area contributed by atoms with E-state index in [2.05, 4.69) is 13.8 Å². The van der Waals surface area contributed by atoms with Gasteiger partial charge in [-0.25, -0.2) is 0 Å². The molecule has 0 radical (unpaired) electrons. The molecule has 0 aliphatic carbocycles. The van der Waals surface area contributed by atoms with Gasteiger partial charge in [0, 0.05) is 33.9 Å². The molecule has 0 aromatic rings. The first-order chi connectivity index (χ1) is 14.0. The molecule has 0 aliphatic heterocycles. The molecule has 8 nitrogen and oxygen atoms in total. The summed E-state index contributed by atoms with van der Waals surface area (Å²) in [7, 11) is 1.98. The molecular formula is C21H43NO7Si. The minimum absolute atomic E-state index is 0.285. The van der Waals surface area contributed by atoms with Crippen molar-refractivity contribution in [3.63, 3.8) is 0 Å². The van der Waals surface area contributed by atoms with E-state index in [9.17, 15) is 19.8 Å². The van der Waals surface area contributed by atoms with Crippen molar-refractivity contribution in [3.05, 3.63) is 0 Å². The van der Waals surface area contributed by atoms with E-state index in [0.29, 0.717) is 38.4 Å². The van der Waals surface area contributed by atoms with Crippen LogP contribution in [0.3, 0.4) is 0 Å². The molecule has 9 heteroatoms. The molecule has 0 saturated carbocycles. The number of nitrogens with zero attached hydrogens (tertiary/aromatic N) is 1. The molecule has 0 aliphatic rings. The molecule has 0 spiro atoms. The Labute approximate surface area is 183 Å². The first-order valence-electron chi connectivity index (χ1n) is 10.8. The van der Waals surface area contributed by atoms with E-state index < -0.39 is 32.7 Å². The first-order valence-corrected chi connectivity index (χ1v) is 12.8. The number of aliphatic carboxylic acids is 2. The molecule has 0 heterocycles. The highest BCUT2D eigenvalue weighted by atomic mass is 28.4. The maximum atomic E-state index is 12.5. The second-order valence-corrected chi connectivity index (χ2v) is 11.8. The van der Waals surface area contributed by atoms with Crippen LogP contribution in [0.2, 0.25) is 6.04 Å². The lowest BCUT2D eigenvalue weighted by Crippen LogP contribution is -2.58. The fourth-order valence-electron chi connectivity index (χ4n) is 3.83. The summed E-state index contributed by atoms with van der Waals surface area (Å²) < 4.78 is 16.6. The molecule has 0 fully saturated rings. The number of carbonyl (C=O) groups is 2. The molecule has 0 unspecified atom stereocenters. The minimum atomic E-state index is -2.75. The molecular weight excluding hydrogens is 406 g/mol. The monoisotopic (exact) mass is 449 g/mol. The number of unbranched alkanes of at least 4 members (excludes halogenated alkanes) is 2. The van der Waals surface area contributed by atoms with Crippen molar-refractivity contribution in [1.82, 2.24) is 4.90 Å². The molecule has 0 aromatic carbocycles. The summed E-state index contributed by atoms with van der Waals surface area (Å²) in [5, 5.41) is 19.7. The van der Waals surface area contributed by atoms with Crippen LogP contribution in [0.15, 0.2) is 0 Å². The molecule has 0 amide bonds. The lowest BCUT2D eigenvalue weighted by Gasteiger charge is -2.44. The second kappa shape index (κ2) is 13.4. The third kappa shape index (κ3) is 8.62. The van der Waals surface area contributed by atoms with Gasteiger partial charge in [-0.2, -0.15) is 0 Å². The Morgan fingerprint density at radius 3 is 1.87 bits per heavy atom. The van der Waals surface area contributed by atoms with Gasteiger partial charge in [0.05, 0.1) is 6.42 Å². The minimum Gasteiger partial charge on any atom is -0.481 e. The fraction of sp³-hybridized carbons (Fsp3) is 0.905. The van der Waals surface area contributed by atoms with E-state index >= 15 is 0 Å². The highest BCUT2D eigenvalue weighted by Crippen LogP contribution is 2.35. The Morgan fingerprint density at radius 2 is 1.47 bits per heavy atom. The van der Waals surface area contributed by atoms with Gasteiger partial charge in [-0.1, -0.05) is 47.0 Å². The van der Waals surface area contributed by atoms with Gasteiger partial charge >= 0.3 is 20.7 Å². The molecule has 0 aromatic heterocycles. The quantitative estimate of drug-likeness (QED) is 0.304. The summed E-state index contributed by atoms with van der Waals surface area (Å²) >= 11 is 0. The Kier molecular flexibility index (Phi) is 13.0. The zero-order valence-corrected chi connectivity index (χ0v) is 21.0. The Bertz CT molecular complexity index is 517. The molecule has 1 atom stereocenters. The van der Waals surface area contributed by atoms with E-state index in [1.165, 1.54) is 0 Å². The van der Waals surface area contributed by atoms with Crippen molar-refractivity contribution in [3.8, 4) is 0 Å². The predicted molar refractivity (Wildman–Crippen MR) is 119 cm³/mol. The second-order valence-electron chi connectivity index (χ2n) is 8.75. The van der Waals surface area contributed by atoms with Gasteiger partial charge in [0.1, 0.15) is 5.54 Å². The summed E-state index contributed by atoms with van der Waals surface area (Å²) in [5.41, 5.74) is -1.69. The van der Waals surface area contributed by atoms with E-state index in [0.717, 1.165) is 19.3 Å². The standard InChI is InChI=1S/C21H43NO7Si/c1-8-10-12-21(19(25)26,16-18(23)24)22(14-11-9-2)17-20(3,4)13-15-30(27-5,28-6)29-7/h8-17H2,1-7H3,(H,23,24)(H,25,26)/t21-/m0/s1. The Balaban J connectivity index is 5.83. The molecule has 0 rings (SSSR count). The van der Waals surface area contributed by atoms with Crippen molar-refractivity contribution < 1.29 is 33.1 Å². The Hall–Kier alpha value is -1.00. The number of hydrogen-bond acceptors (Lipinski definition) is 6. The van der Waals surface area contributed by atoms with Crippen LogP contribution < -0.4 is 0 Å². The SMILES string of the molecule is CCCCN(CC(C)(C)CC[Si](OC)(OC)OC)[C@@](CCCC)(CC(=O)O)C(=O)O. The van der Waals surface area contributed by atoms with Gasteiger partial charge in [0.25, 0.3) is 0 Å². The predicted octanol–water partition coefficient (Wildman–Crippen LogP) is 3.87. The van der Waals surface area contributed by atoms with Crippen molar-refractivity contribution in [2.24, 2.45) is 5.41 Å². The average molecular weight is 450 g/mol. The maximum absolute atomic E-state index is 12.5. The highest BCUT2D eigenvalue weighted by Gasteiger charge is 2.47. The molecule has 178 valence electrons. The number of carboxylic acid groups (broad SMARTS) is 2. The van der Waals surface area contributed by atoms with Crippen molar-refractivity contribution >= 4 is 20.7 Å². The van der Waals surface area contributed by atoms with Gasteiger partial charge in [-0.05, 0) is 31.2 Å². The van der Waals surface area contributed by atoms with Crippen LogP contribution in [-0.4, -0.2) is 75.8 Å². The zero-order chi connectivity index (χ0) is 23.4. The normalized spacial score (nSPS) is 14.7. The smallest absolute Gasteiger partial charge is 0.481 e. The van der Waals surface area contributed by atoms with E-state index in [4.69, 9.17) is 13.3 Å². The highest BCUT2D eigenvalue weighted by molar-refractivity contribution is 6.60. The zero-order valence-electron chi connectivity index (χ0n) is 20.0. The summed E-state index contributed by atoms with van der Waals surface area (Å²) in [6.45, 7) is 9.18. The van der Waals surface area contributed by atoms with Crippen LogP contribution >= 0.6 is 0 Å². The van der Waals surface area contributed by atoms with Gasteiger partial charge in [0.15, 0.2) is 0 Å². The third-order valence-electron chi connectivity index (χ3n) is 5.83. The molecule has 0 saturated heterocycles. The Morgan fingerprint density at radius 1 is 0.933 bits per heavy atom. The van der Waals surface area contributed by atoms with E-state index in [-0.39, 0.29) is 5.41 Å². The van der Waals surface area contributed by atoms with Gasteiger partial charge in [0.2, 0.25) is 0 Å². The summed E-state index contributed by atoms with van der Waals surface area (Å²) in [6.07, 6.45) is 3.80. The average Bonchev–Trinajstić information content (AvgIpc) is 2.69. The maximum Gasteiger partial charge on any atom is 0.500 e. The van der Waals surface area contributed by atoms with Crippen LogP contribution in [0.5, 0.6) is 0 Å². The van der Waals surface area contributed by atoms with Crippen molar-refractivity contribution in [1.29, 1.82) is 0 Å². The number of hydrogen-bond donors (Lipinski definition) is 2.